The van der Waals surface area contributed by atoms with E-state index >= 15 is 9.59 Å². The second-order valence-corrected chi connectivity index (χ2v) is 14.5. The minimum atomic E-state index is -2.59. The fourth-order valence-electron chi connectivity index (χ4n) is 8.77. The number of carbonyl (C=O) groups is 4. The number of hydrogen-bond donors (Lipinski definition) is 3. The van der Waals surface area contributed by atoms with Gasteiger partial charge in [-0.2, -0.15) is 0 Å². The van der Waals surface area contributed by atoms with Crippen molar-refractivity contribution in [3.8, 4) is 0 Å². The number of aryl methyl sites for hydroxylation is 1. The molecular formula is C38H57N4O5. The van der Waals surface area contributed by atoms with Crippen molar-refractivity contribution in [2.45, 2.75) is 146 Å². The van der Waals surface area contributed by atoms with E-state index in [2.05, 4.69) is 0 Å². The summed E-state index contributed by atoms with van der Waals surface area (Å²) >= 11 is 0. The third-order valence-corrected chi connectivity index (χ3v) is 11.4. The predicted molar refractivity (Wildman–Crippen MR) is 183 cm³/mol. The van der Waals surface area contributed by atoms with Crippen molar-refractivity contribution in [3.63, 3.8) is 0 Å². The lowest BCUT2D eigenvalue weighted by Gasteiger charge is -2.50. The maximum absolute atomic E-state index is 15.4. The van der Waals surface area contributed by atoms with Crippen LogP contribution < -0.4 is 17.2 Å². The molecule has 3 aliphatic rings. The van der Waals surface area contributed by atoms with Gasteiger partial charge in [0.1, 0.15) is 11.2 Å². The lowest BCUT2D eigenvalue weighted by atomic mass is 9.51. The van der Waals surface area contributed by atoms with Gasteiger partial charge in [0.25, 0.3) is 0 Å². The summed E-state index contributed by atoms with van der Waals surface area (Å²) in [6, 6.07) is 6.52. The summed E-state index contributed by atoms with van der Waals surface area (Å²) in [7, 11) is 0. The van der Waals surface area contributed by atoms with Crippen molar-refractivity contribution in [1.29, 1.82) is 0 Å². The van der Waals surface area contributed by atoms with Crippen LogP contribution in [0.2, 0.25) is 0 Å². The summed E-state index contributed by atoms with van der Waals surface area (Å²) in [5, 5.41) is 0. The Morgan fingerprint density at radius 1 is 0.894 bits per heavy atom. The zero-order chi connectivity index (χ0) is 34.0. The summed E-state index contributed by atoms with van der Waals surface area (Å²) in [4.78, 5) is 73.5. The van der Waals surface area contributed by atoms with Crippen molar-refractivity contribution >= 4 is 29.5 Å². The average Bonchev–Trinajstić information content (AvgIpc) is 3.60. The van der Waals surface area contributed by atoms with Crippen LogP contribution in [-0.4, -0.2) is 64.7 Å². The standard InChI is InChI=1S/C38H57N4O5/c1-2-3-20-30(39)36(47)42-24-13-21-32(42)35(46)38(29-18-11-6-12-19-29,33(44)23-22-27-14-7-4-8-15-27)37(41,26-43)34(45)31(40)25-28-16-9-5-10-17-28/h4,7-8,14-15,28-32H,2-3,5-6,9-13,16-25,39-41H2,1H3/t30-,31+,32-,37-,38?/m0/s1. The summed E-state index contributed by atoms with van der Waals surface area (Å²) in [6.07, 6.45) is 13.8. The number of amides is 1. The van der Waals surface area contributed by atoms with Gasteiger partial charge in [-0.1, -0.05) is 101 Å². The van der Waals surface area contributed by atoms with Crippen molar-refractivity contribution in [1.82, 2.24) is 4.90 Å². The number of benzene rings is 1. The second kappa shape index (κ2) is 17.1. The molecule has 9 nitrogen and oxygen atoms in total. The van der Waals surface area contributed by atoms with Crippen LogP contribution in [-0.2, 0) is 30.4 Å². The number of unbranched alkanes of at least 4 members (excludes halogenated alkanes) is 1. The first-order valence-electron chi connectivity index (χ1n) is 18.3. The zero-order valence-electron chi connectivity index (χ0n) is 28.4. The topological polar surface area (TPSA) is 167 Å². The van der Waals surface area contributed by atoms with E-state index in [1.807, 2.05) is 43.5 Å². The van der Waals surface area contributed by atoms with E-state index in [-0.39, 0.29) is 18.2 Å². The van der Waals surface area contributed by atoms with E-state index in [9.17, 15) is 14.4 Å². The van der Waals surface area contributed by atoms with Gasteiger partial charge in [-0.05, 0) is 62.3 Å². The molecule has 0 spiro atoms. The second-order valence-electron chi connectivity index (χ2n) is 14.5. The van der Waals surface area contributed by atoms with Gasteiger partial charge in [0, 0.05) is 13.0 Å². The normalized spacial score (nSPS) is 23.3. The van der Waals surface area contributed by atoms with Gasteiger partial charge in [-0.3, -0.25) is 24.0 Å². The van der Waals surface area contributed by atoms with Gasteiger partial charge < -0.3 is 22.1 Å². The van der Waals surface area contributed by atoms with Crippen LogP contribution >= 0.6 is 0 Å². The Labute approximate surface area is 281 Å². The van der Waals surface area contributed by atoms with Crippen LogP contribution in [0.1, 0.15) is 122 Å². The molecule has 1 radical (unpaired) electrons. The largest absolute Gasteiger partial charge is 0.331 e. The van der Waals surface area contributed by atoms with Crippen molar-refractivity contribution < 1.29 is 24.0 Å². The van der Waals surface area contributed by atoms with Crippen LogP contribution in [0.5, 0.6) is 0 Å². The Morgan fingerprint density at radius 3 is 2.15 bits per heavy atom. The quantitative estimate of drug-likeness (QED) is 0.207. The molecule has 6 N–H and O–H groups in total. The highest BCUT2D eigenvalue weighted by Crippen LogP contribution is 2.50. The van der Waals surface area contributed by atoms with Crippen LogP contribution in [0.25, 0.3) is 0 Å². The van der Waals surface area contributed by atoms with E-state index in [0.29, 0.717) is 51.5 Å². The Kier molecular flexibility index (Phi) is 13.5. The summed E-state index contributed by atoms with van der Waals surface area (Å²) in [6.45, 7) is 2.33. The maximum Gasteiger partial charge on any atom is 0.240 e. The van der Waals surface area contributed by atoms with Gasteiger partial charge >= 0.3 is 0 Å². The number of Topliss-reactive ketones (excluding diaryl/α,β-unsaturated/α-hetero) is 3. The molecule has 5 atom stereocenters. The molecular weight excluding hydrogens is 592 g/mol. The number of rotatable bonds is 17. The highest BCUT2D eigenvalue weighted by molar-refractivity contribution is 6.22. The molecule has 1 amide bonds. The number of carbonyl (C=O) groups excluding carboxylic acids is 5. The first-order valence-corrected chi connectivity index (χ1v) is 18.3. The molecule has 1 aromatic rings. The van der Waals surface area contributed by atoms with Gasteiger partial charge in [-0.15, -0.1) is 0 Å². The molecule has 1 aliphatic heterocycles. The molecule has 1 heterocycles. The van der Waals surface area contributed by atoms with E-state index in [4.69, 9.17) is 17.2 Å². The summed E-state index contributed by atoms with van der Waals surface area (Å²) in [5.41, 5.74) is 16.1. The highest BCUT2D eigenvalue weighted by Gasteiger charge is 2.68. The maximum atomic E-state index is 15.4. The fraction of sp³-hybridized carbons (Fsp3) is 0.711. The van der Waals surface area contributed by atoms with Crippen molar-refractivity contribution in [2.75, 3.05) is 6.54 Å². The van der Waals surface area contributed by atoms with Crippen LogP contribution in [0.15, 0.2) is 30.3 Å². The van der Waals surface area contributed by atoms with E-state index < -0.39 is 52.3 Å². The Hall–Kier alpha value is -2.75. The summed E-state index contributed by atoms with van der Waals surface area (Å²) < 4.78 is 0. The minimum absolute atomic E-state index is 0.0886. The van der Waals surface area contributed by atoms with Crippen LogP contribution in [0.4, 0.5) is 0 Å². The third kappa shape index (κ3) is 7.94. The minimum Gasteiger partial charge on any atom is -0.331 e. The van der Waals surface area contributed by atoms with Gasteiger partial charge in [0.2, 0.25) is 12.2 Å². The summed E-state index contributed by atoms with van der Waals surface area (Å²) in [5.74, 6) is -2.73. The molecule has 47 heavy (non-hydrogen) atoms. The number of hydrogen-bond acceptors (Lipinski definition) is 8. The molecule has 9 heteroatoms. The third-order valence-electron chi connectivity index (χ3n) is 11.4. The van der Waals surface area contributed by atoms with Crippen LogP contribution in [0.3, 0.4) is 0 Å². The lowest BCUT2D eigenvalue weighted by Crippen LogP contribution is -2.75. The van der Waals surface area contributed by atoms with Crippen LogP contribution in [0, 0.1) is 17.3 Å². The lowest BCUT2D eigenvalue weighted by molar-refractivity contribution is -0.159. The van der Waals surface area contributed by atoms with E-state index in [1.54, 1.807) is 0 Å². The Bertz CT molecular complexity index is 1230. The Morgan fingerprint density at radius 2 is 1.53 bits per heavy atom. The van der Waals surface area contributed by atoms with Gasteiger partial charge in [0.15, 0.2) is 17.1 Å². The van der Waals surface area contributed by atoms with E-state index in [0.717, 1.165) is 69.8 Å². The SMILES string of the molecule is CCCC[C@H](N)C(=O)N1CCC[C@H]1C(=O)C(C(=O)CCc1ccccc1)(C1CCCCC1)[C@](N)([C]=O)C(=O)[C@H](N)CC1CCCCC1. The number of likely N-dealkylation sites (tertiary alicyclic amines) is 1. The fourth-order valence-corrected chi connectivity index (χ4v) is 8.77. The first-order chi connectivity index (χ1) is 22.6. The number of nitrogens with two attached hydrogens (primary N) is 3. The molecule has 1 saturated heterocycles. The highest BCUT2D eigenvalue weighted by atomic mass is 16.2. The smallest absolute Gasteiger partial charge is 0.240 e. The molecule has 3 fully saturated rings. The van der Waals surface area contributed by atoms with Gasteiger partial charge in [0.05, 0.1) is 18.1 Å². The van der Waals surface area contributed by atoms with Crippen molar-refractivity contribution in [2.24, 2.45) is 34.5 Å². The molecule has 1 unspecified atom stereocenters. The predicted octanol–water partition coefficient (Wildman–Crippen LogP) is 4.51. The first kappa shape index (κ1) is 37.1. The molecule has 259 valence electrons. The Balaban J connectivity index is 1.81. The molecule has 0 aromatic heterocycles. The molecule has 1 aromatic carbocycles. The van der Waals surface area contributed by atoms with Gasteiger partial charge in [-0.25, -0.2) is 0 Å². The molecule has 0 bridgehead atoms. The van der Waals surface area contributed by atoms with Crippen molar-refractivity contribution in [3.05, 3.63) is 35.9 Å². The number of ketones is 3. The van der Waals surface area contributed by atoms with E-state index in [1.165, 1.54) is 4.90 Å². The molecule has 2 saturated carbocycles. The average molecular weight is 650 g/mol. The zero-order valence-corrected chi connectivity index (χ0v) is 28.4. The molecule has 4 rings (SSSR count). The number of nitrogens with zero attached hydrogens (tertiary/aromatic N) is 1. The monoisotopic (exact) mass is 649 g/mol. The molecule has 2 aliphatic carbocycles.